The van der Waals surface area contributed by atoms with Crippen molar-refractivity contribution in [2.24, 2.45) is 16.5 Å². The summed E-state index contributed by atoms with van der Waals surface area (Å²) < 4.78 is 69.1. The summed E-state index contributed by atoms with van der Waals surface area (Å²) in [6, 6.07) is 11.8. The van der Waals surface area contributed by atoms with Crippen LogP contribution < -0.4 is 11.5 Å². The van der Waals surface area contributed by atoms with Crippen molar-refractivity contribution in [2.75, 3.05) is 0 Å². The second-order valence-corrected chi connectivity index (χ2v) is 4.96. The van der Waals surface area contributed by atoms with Crippen LogP contribution in [0.3, 0.4) is 0 Å². The Kier molecular flexibility index (Phi) is 6.81. The van der Waals surface area contributed by atoms with Crippen LogP contribution >= 0.6 is 0 Å². The van der Waals surface area contributed by atoms with Crippen molar-refractivity contribution in [1.29, 1.82) is 0 Å². The minimum absolute atomic E-state index is 0.0488. The Morgan fingerprint density at radius 2 is 1.19 bits per heavy atom. The summed E-state index contributed by atoms with van der Waals surface area (Å²) in [5.41, 5.74) is 11.9. The van der Waals surface area contributed by atoms with E-state index < -0.39 is 23.9 Å². The number of rotatable bonds is 2. The molecule has 0 aliphatic carbocycles. The van der Waals surface area contributed by atoms with Crippen LogP contribution in [0.15, 0.2) is 53.5 Å². The highest BCUT2D eigenvalue weighted by Crippen LogP contribution is 2.31. The van der Waals surface area contributed by atoms with Gasteiger partial charge in [-0.2, -0.15) is 26.3 Å². The first-order valence-electron chi connectivity index (χ1n) is 6.98. The number of hydrogen-bond acceptors (Lipinski definition) is 2. The molecule has 2 aromatic rings. The molecule has 11 heteroatoms. The summed E-state index contributed by atoms with van der Waals surface area (Å²) in [7, 11) is 0. The lowest BCUT2D eigenvalue weighted by molar-refractivity contribution is -0.192. The Labute approximate surface area is 148 Å². The molecule has 0 radical (unpaired) electrons. The molecule has 0 aromatic heterocycles. The standard InChI is InChI=1S/C14H12F3N3.C2HF3O2/c15-14(16,17)11-5-1-9(2-6-11)10-3-7-12(8-4-10)20-13(18)19;3-2(4,5)1(6)7/h1-8H,(H4,18,19,20);(H,6,7). The molecule has 0 spiro atoms. The van der Waals surface area contributed by atoms with Crippen molar-refractivity contribution in [3.8, 4) is 11.1 Å². The molecule has 146 valence electrons. The zero-order chi connectivity index (χ0) is 20.8. The number of aliphatic imine (C=N–C) groups is 1. The van der Waals surface area contributed by atoms with E-state index in [2.05, 4.69) is 4.99 Å². The van der Waals surface area contributed by atoms with Gasteiger partial charge in [0.2, 0.25) is 0 Å². The van der Waals surface area contributed by atoms with Crippen molar-refractivity contribution in [3.63, 3.8) is 0 Å². The minimum atomic E-state index is -5.08. The van der Waals surface area contributed by atoms with Gasteiger partial charge >= 0.3 is 18.3 Å². The molecule has 0 aliphatic rings. The van der Waals surface area contributed by atoms with Gasteiger partial charge in [-0.15, -0.1) is 0 Å². The molecule has 2 rings (SSSR count). The molecule has 0 atom stereocenters. The van der Waals surface area contributed by atoms with Gasteiger partial charge in [-0.25, -0.2) is 9.79 Å². The van der Waals surface area contributed by atoms with E-state index in [1.54, 1.807) is 24.3 Å². The number of benzene rings is 2. The summed E-state index contributed by atoms with van der Waals surface area (Å²) in [6.07, 6.45) is -9.41. The number of hydrogen-bond donors (Lipinski definition) is 3. The maximum absolute atomic E-state index is 12.5. The number of alkyl halides is 6. The van der Waals surface area contributed by atoms with Gasteiger partial charge in [0.15, 0.2) is 5.96 Å². The fraction of sp³-hybridized carbons (Fsp3) is 0.125. The lowest BCUT2D eigenvalue weighted by Crippen LogP contribution is -2.21. The first kappa shape index (κ1) is 21.8. The normalized spacial score (nSPS) is 11.2. The van der Waals surface area contributed by atoms with Crippen LogP contribution in [0.5, 0.6) is 0 Å². The number of nitrogens with zero attached hydrogens (tertiary/aromatic N) is 1. The molecule has 0 bridgehead atoms. The van der Waals surface area contributed by atoms with Gasteiger partial charge in [0.1, 0.15) is 0 Å². The molecule has 0 saturated heterocycles. The van der Waals surface area contributed by atoms with Gasteiger partial charge in [-0.3, -0.25) is 0 Å². The number of carbonyl (C=O) groups is 1. The molecule has 5 N–H and O–H groups in total. The van der Waals surface area contributed by atoms with Crippen LogP contribution in [-0.4, -0.2) is 23.2 Å². The molecule has 0 fully saturated rings. The van der Waals surface area contributed by atoms with Gasteiger partial charge < -0.3 is 16.6 Å². The zero-order valence-electron chi connectivity index (χ0n) is 13.3. The van der Waals surface area contributed by atoms with Crippen LogP contribution in [0.2, 0.25) is 0 Å². The van der Waals surface area contributed by atoms with E-state index in [-0.39, 0.29) is 5.96 Å². The fourth-order valence-corrected chi connectivity index (χ4v) is 1.73. The van der Waals surface area contributed by atoms with Gasteiger partial charge in [-0.1, -0.05) is 24.3 Å². The molecule has 5 nitrogen and oxygen atoms in total. The molecule has 0 saturated carbocycles. The second kappa shape index (κ2) is 8.43. The van der Waals surface area contributed by atoms with E-state index in [9.17, 15) is 26.3 Å². The van der Waals surface area contributed by atoms with Crippen LogP contribution in [0.4, 0.5) is 32.0 Å². The third-order valence-electron chi connectivity index (χ3n) is 2.91. The minimum Gasteiger partial charge on any atom is -0.475 e. The summed E-state index contributed by atoms with van der Waals surface area (Å²) in [5, 5.41) is 7.12. The van der Waals surface area contributed by atoms with Crippen molar-refractivity contribution in [1.82, 2.24) is 0 Å². The second-order valence-electron chi connectivity index (χ2n) is 4.96. The maximum atomic E-state index is 12.5. The lowest BCUT2D eigenvalue weighted by Gasteiger charge is -2.08. The first-order chi connectivity index (χ1) is 12.3. The predicted octanol–water partition coefficient (Wildman–Crippen LogP) is 3.91. The van der Waals surface area contributed by atoms with Gasteiger partial charge in [0.05, 0.1) is 11.3 Å². The third-order valence-corrected chi connectivity index (χ3v) is 2.91. The SMILES string of the molecule is NC(N)=Nc1ccc(-c2ccc(C(F)(F)F)cc2)cc1.O=C(O)C(F)(F)F. The average Bonchev–Trinajstić information content (AvgIpc) is 2.54. The van der Waals surface area contributed by atoms with Gasteiger partial charge in [0.25, 0.3) is 0 Å². The smallest absolute Gasteiger partial charge is 0.475 e. The monoisotopic (exact) mass is 393 g/mol. The van der Waals surface area contributed by atoms with Gasteiger partial charge in [-0.05, 0) is 35.4 Å². The van der Waals surface area contributed by atoms with Crippen LogP contribution in [0.1, 0.15) is 5.56 Å². The Balaban J connectivity index is 0.000000445. The maximum Gasteiger partial charge on any atom is 0.490 e. The molecule has 0 heterocycles. The molecular formula is C16H13F6N3O2. The molecule has 0 unspecified atom stereocenters. The Morgan fingerprint density at radius 1 is 0.815 bits per heavy atom. The molecule has 0 amide bonds. The largest absolute Gasteiger partial charge is 0.490 e. The van der Waals surface area contributed by atoms with Crippen molar-refractivity contribution in [2.45, 2.75) is 12.4 Å². The van der Waals surface area contributed by atoms with Crippen LogP contribution in [0.25, 0.3) is 11.1 Å². The average molecular weight is 393 g/mol. The topological polar surface area (TPSA) is 102 Å². The highest BCUT2D eigenvalue weighted by Gasteiger charge is 2.38. The number of carboxylic acids is 1. The number of aliphatic carboxylic acids is 1. The Morgan fingerprint density at radius 3 is 1.48 bits per heavy atom. The molecule has 2 aromatic carbocycles. The molecular weight excluding hydrogens is 380 g/mol. The van der Waals surface area contributed by atoms with Crippen LogP contribution in [0, 0.1) is 0 Å². The van der Waals surface area contributed by atoms with E-state index >= 15 is 0 Å². The van der Waals surface area contributed by atoms with E-state index in [4.69, 9.17) is 21.4 Å². The molecule has 0 aliphatic heterocycles. The number of carboxylic acid groups (broad SMARTS) is 1. The summed E-state index contributed by atoms with van der Waals surface area (Å²) in [5.74, 6) is -2.81. The molecule has 27 heavy (non-hydrogen) atoms. The van der Waals surface area contributed by atoms with Crippen LogP contribution in [-0.2, 0) is 11.0 Å². The highest BCUT2D eigenvalue weighted by molar-refractivity contribution is 5.79. The van der Waals surface area contributed by atoms with E-state index in [0.29, 0.717) is 11.3 Å². The quantitative estimate of drug-likeness (QED) is 0.409. The van der Waals surface area contributed by atoms with E-state index in [0.717, 1.165) is 17.7 Å². The van der Waals surface area contributed by atoms with Crippen molar-refractivity contribution in [3.05, 3.63) is 54.1 Å². The Hall–Kier alpha value is -3.24. The summed E-state index contributed by atoms with van der Waals surface area (Å²) in [4.78, 5) is 12.8. The van der Waals surface area contributed by atoms with Crippen molar-refractivity contribution >= 4 is 17.6 Å². The zero-order valence-corrected chi connectivity index (χ0v) is 13.3. The fourth-order valence-electron chi connectivity index (χ4n) is 1.73. The van der Waals surface area contributed by atoms with Gasteiger partial charge in [0, 0.05) is 0 Å². The predicted molar refractivity (Wildman–Crippen MR) is 86.0 cm³/mol. The van der Waals surface area contributed by atoms with E-state index in [1.807, 2.05) is 0 Å². The first-order valence-corrected chi connectivity index (χ1v) is 6.98. The number of guanidine groups is 1. The summed E-state index contributed by atoms with van der Waals surface area (Å²) >= 11 is 0. The van der Waals surface area contributed by atoms with Crippen molar-refractivity contribution < 1.29 is 36.2 Å². The third kappa shape index (κ3) is 7.26. The Bertz CT molecular complexity index is 793. The number of nitrogens with two attached hydrogens (primary N) is 2. The summed E-state index contributed by atoms with van der Waals surface area (Å²) in [6.45, 7) is 0. The van der Waals surface area contributed by atoms with E-state index in [1.165, 1.54) is 12.1 Å². The lowest BCUT2D eigenvalue weighted by atomic mass is 10.0. The number of halogens is 6. The highest BCUT2D eigenvalue weighted by atomic mass is 19.4.